The van der Waals surface area contributed by atoms with Crippen LogP contribution in [0.1, 0.15) is 24.8 Å². The molecule has 1 rings (SSSR count). The Hall–Kier alpha value is -1.83. The van der Waals surface area contributed by atoms with Crippen LogP contribution in [0.15, 0.2) is 54.5 Å². The van der Waals surface area contributed by atoms with Gasteiger partial charge in [0.1, 0.15) is 0 Å². The first-order chi connectivity index (χ1) is 10.5. The number of nitrogens with zero attached hydrogens (tertiary/aromatic N) is 1. The van der Waals surface area contributed by atoms with E-state index >= 15 is 0 Å². The molecule has 0 fully saturated rings. The minimum Gasteiger partial charge on any atom is -0.207 e. The zero-order chi connectivity index (χ0) is 16.4. The maximum absolute atomic E-state index is 12.6. The summed E-state index contributed by atoms with van der Waals surface area (Å²) in [7, 11) is -3.53. The number of sulfonamides is 1. The lowest BCUT2D eigenvalue weighted by molar-refractivity contribution is 0.478. The molecular formula is C18H23NO2S. The molecule has 0 spiro atoms. The Kier molecular flexibility index (Phi) is 7.65. The van der Waals surface area contributed by atoms with Crippen molar-refractivity contribution in [2.45, 2.75) is 31.1 Å². The van der Waals surface area contributed by atoms with Crippen LogP contribution in [0.5, 0.6) is 0 Å². The molecule has 3 nitrogen and oxygen atoms in total. The van der Waals surface area contributed by atoms with Crippen molar-refractivity contribution in [3.8, 4) is 11.8 Å². The van der Waals surface area contributed by atoms with Crippen molar-refractivity contribution in [1.29, 1.82) is 0 Å². The quantitative estimate of drug-likeness (QED) is 0.418. The van der Waals surface area contributed by atoms with Crippen molar-refractivity contribution in [2.24, 2.45) is 0 Å². The molecule has 0 amide bonds. The lowest BCUT2D eigenvalue weighted by Crippen LogP contribution is -2.31. The summed E-state index contributed by atoms with van der Waals surface area (Å²) in [6, 6.07) is 6.83. The van der Waals surface area contributed by atoms with Crippen molar-refractivity contribution in [2.75, 3.05) is 13.1 Å². The van der Waals surface area contributed by atoms with E-state index in [1.165, 1.54) is 4.31 Å². The van der Waals surface area contributed by atoms with Crippen LogP contribution in [0.25, 0.3) is 0 Å². The van der Waals surface area contributed by atoms with Gasteiger partial charge in [-0.1, -0.05) is 35.8 Å². The van der Waals surface area contributed by atoms with Gasteiger partial charge in [-0.25, -0.2) is 8.42 Å². The van der Waals surface area contributed by atoms with E-state index in [-0.39, 0.29) is 18.0 Å². The van der Waals surface area contributed by atoms with E-state index in [2.05, 4.69) is 25.0 Å². The van der Waals surface area contributed by atoms with E-state index < -0.39 is 10.0 Å². The van der Waals surface area contributed by atoms with Crippen LogP contribution in [-0.2, 0) is 10.0 Å². The summed E-state index contributed by atoms with van der Waals surface area (Å²) in [5.41, 5.74) is 1.02. The van der Waals surface area contributed by atoms with E-state index in [1.807, 2.05) is 13.0 Å². The van der Waals surface area contributed by atoms with Gasteiger partial charge in [0.2, 0.25) is 10.0 Å². The maximum atomic E-state index is 12.6. The van der Waals surface area contributed by atoms with Crippen LogP contribution >= 0.6 is 0 Å². The topological polar surface area (TPSA) is 37.4 Å². The highest BCUT2D eigenvalue weighted by atomic mass is 32.2. The van der Waals surface area contributed by atoms with Gasteiger partial charge >= 0.3 is 0 Å². The first kappa shape index (κ1) is 18.2. The molecule has 1 aromatic carbocycles. The largest absolute Gasteiger partial charge is 0.244 e. The van der Waals surface area contributed by atoms with E-state index in [0.29, 0.717) is 0 Å². The maximum Gasteiger partial charge on any atom is 0.244 e. The minimum atomic E-state index is -3.53. The Bertz CT molecular complexity index is 649. The second-order valence-corrected chi connectivity index (χ2v) is 6.87. The lowest BCUT2D eigenvalue weighted by Gasteiger charge is -2.18. The first-order valence-corrected chi connectivity index (χ1v) is 8.70. The molecule has 0 radical (unpaired) electrons. The van der Waals surface area contributed by atoms with Gasteiger partial charge in [0.05, 0.1) is 11.4 Å². The zero-order valence-electron chi connectivity index (χ0n) is 13.1. The van der Waals surface area contributed by atoms with Crippen LogP contribution in [0.2, 0.25) is 0 Å². The number of benzene rings is 1. The van der Waals surface area contributed by atoms with Crippen LogP contribution in [0.4, 0.5) is 0 Å². The van der Waals surface area contributed by atoms with Gasteiger partial charge in [0.25, 0.3) is 0 Å². The molecule has 0 saturated carbocycles. The molecule has 0 heterocycles. The fourth-order valence-corrected chi connectivity index (χ4v) is 3.13. The van der Waals surface area contributed by atoms with Gasteiger partial charge in [0.15, 0.2) is 0 Å². The van der Waals surface area contributed by atoms with Crippen LogP contribution < -0.4 is 0 Å². The van der Waals surface area contributed by atoms with Gasteiger partial charge in [0, 0.05) is 13.0 Å². The van der Waals surface area contributed by atoms with E-state index in [4.69, 9.17) is 0 Å². The highest BCUT2D eigenvalue weighted by molar-refractivity contribution is 7.89. The average molecular weight is 317 g/mol. The fraction of sp³-hybridized carbons (Fsp3) is 0.333. The lowest BCUT2D eigenvalue weighted by atomic mass is 10.2. The second-order valence-electron chi connectivity index (χ2n) is 4.93. The number of allylic oxidation sites excluding steroid dienone is 1. The van der Waals surface area contributed by atoms with E-state index in [9.17, 15) is 8.42 Å². The van der Waals surface area contributed by atoms with Crippen molar-refractivity contribution in [3.05, 3.63) is 55.1 Å². The molecule has 0 atom stereocenters. The van der Waals surface area contributed by atoms with E-state index in [0.717, 1.165) is 24.8 Å². The SMILES string of the molecule is C=CCCCC#CCN(CC=C)S(=O)(=O)c1ccc(C)cc1. The Labute approximate surface area is 134 Å². The molecule has 0 aromatic heterocycles. The van der Waals surface area contributed by atoms with Crippen LogP contribution in [0, 0.1) is 18.8 Å². The summed E-state index contributed by atoms with van der Waals surface area (Å²) in [5, 5.41) is 0. The van der Waals surface area contributed by atoms with Gasteiger partial charge in [-0.05, 0) is 31.9 Å². The summed E-state index contributed by atoms with van der Waals surface area (Å²) in [6.07, 6.45) is 6.05. The highest BCUT2D eigenvalue weighted by Gasteiger charge is 2.22. The summed E-state index contributed by atoms with van der Waals surface area (Å²) in [4.78, 5) is 0.286. The Morgan fingerprint density at radius 3 is 2.41 bits per heavy atom. The van der Waals surface area contributed by atoms with Gasteiger partial charge in [-0.3, -0.25) is 0 Å². The monoisotopic (exact) mass is 317 g/mol. The van der Waals surface area contributed by atoms with Crippen LogP contribution in [0.3, 0.4) is 0 Å². The summed E-state index contributed by atoms with van der Waals surface area (Å²) < 4.78 is 26.5. The fourth-order valence-electron chi connectivity index (χ4n) is 1.82. The molecule has 0 unspecified atom stereocenters. The predicted octanol–water partition coefficient (Wildman–Crippen LogP) is 3.53. The Morgan fingerprint density at radius 2 is 1.82 bits per heavy atom. The van der Waals surface area contributed by atoms with Crippen molar-refractivity contribution >= 4 is 10.0 Å². The molecule has 22 heavy (non-hydrogen) atoms. The van der Waals surface area contributed by atoms with E-state index in [1.54, 1.807) is 30.3 Å². The van der Waals surface area contributed by atoms with Gasteiger partial charge < -0.3 is 0 Å². The molecule has 4 heteroatoms. The normalized spacial score (nSPS) is 10.8. The number of aryl methyl sites for hydroxylation is 1. The summed E-state index contributed by atoms with van der Waals surface area (Å²) >= 11 is 0. The third-order valence-corrected chi connectivity index (χ3v) is 4.91. The number of unbranched alkanes of at least 4 members (excludes halogenated alkanes) is 2. The van der Waals surface area contributed by atoms with Crippen molar-refractivity contribution < 1.29 is 8.42 Å². The first-order valence-electron chi connectivity index (χ1n) is 7.26. The third-order valence-electron chi connectivity index (χ3n) is 3.08. The molecule has 0 aliphatic rings. The summed E-state index contributed by atoms with van der Waals surface area (Å²) in [5.74, 6) is 5.93. The van der Waals surface area contributed by atoms with Crippen LogP contribution in [-0.4, -0.2) is 25.8 Å². The number of rotatable bonds is 8. The molecule has 0 N–H and O–H groups in total. The molecule has 0 aliphatic heterocycles. The highest BCUT2D eigenvalue weighted by Crippen LogP contribution is 2.16. The molecule has 0 aliphatic carbocycles. The molecule has 0 saturated heterocycles. The molecule has 1 aromatic rings. The second kappa shape index (κ2) is 9.24. The third kappa shape index (κ3) is 5.51. The predicted molar refractivity (Wildman–Crippen MR) is 92.0 cm³/mol. The molecule has 0 bridgehead atoms. The number of hydrogen-bond acceptors (Lipinski definition) is 2. The number of hydrogen-bond donors (Lipinski definition) is 0. The molecule has 118 valence electrons. The average Bonchev–Trinajstić information content (AvgIpc) is 2.50. The summed E-state index contributed by atoms with van der Waals surface area (Å²) in [6.45, 7) is 9.63. The standard InChI is InChI=1S/C18H23NO2S/c1-4-6-7-8-9-10-16-19(15-5-2)22(20,21)18-13-11-17(3)12-14-18/h4-5,11-14H,1-2,6-8,15-16H2,3H3. The zero-order valence-corrected chi connectivity index (χ0v) is 13.9. The van der Waals surface area contributed by atoms with Gasteiger partial charge in [-0.2, -0.15) is 4.31 Å². The molecular weight excluding hydrogens is 294 g/mol. The minimum absolute atomic E-state index is 0.177. The Balaban J connectivity index is 2.82. The smallest absolute Gasteiger partial charge is 0.207 e. The van der Waals surface area contributed by atoms with Crippen molar-refractivity contribution in [3.63, 3.8) is 0 Å². The van der Waals surface area contributed by atoms with Gasteiger partial charge in [-0.15, -0.1) is 19.1 Å². The van der Waals surface area contributed by atoms with Crippen molar-refractivity contribution in [1.82, 2.24) is 4.31 Å². The Morgan fingerprint density at radius 1 is 1.14 bits per heavy atom.